The minimum absolute atomic E-state index is 0.126. The summed E-state index contributed by atoms with van der Waals surface area (Å²) in [6, 6.07) is 4.64. The molecule has 5 heteroatoms. The van der Waals surface area contributed by atoms with Gasteiger partial charge >= 0.3 is 5.97 Å². The maximum atomic E-state index is 11.7. The summed E-state index contributed by atoms with van der Waals surface area (Å²) in [7, 11) is 0. The Morgan fingerprint density at radius 3 is 2.69 bits per heavy atom. The lowest BCUT2D eigenvalue weighted by molar-refractivity contribution is -0.139. The predicted octanol–water partition coefficient (Wildman–Crippen LogP) is 1.32. The maximum absolute atomic E-state index is 11.7. The van der Waals surface area contributed by atoms with Crippen molar-refractivity contribution in [1.82, 2.24) is 0 Å². The number of fused-ring (bicyclic) bond motifs is 1. The summed E-state index contributed by atoms with van der Waals surface area (Å²) in [6.07, 6.45) is 0. The number of carboxylic acids is 1. The second-order valence-corrected chi connectivity index (χ2v) is 3.49. The molecule has 0 saturated carbocycles. The number of ether oxygens (including phenoxy) is 2. The highest BCUT2D eigenvalue weighted by Crippen LogP contribution is 2.33. The van der Waals surface area contributed by atoms with Crippen LogP contribution in [0.4, 0.5) is 0 Å². The number of carbonyl (C=O) groups is 2. The van der Waals surface area contributed by atoms with E-state index in [1.54, 1.807) is 6.07 Å². The lowest BCUT2D eigenvalue weighted by atomic mass is 9.99. The third-order valence-corrected chi connectivity index (χ3v) is 2.42. The summed E-state index contributed by atoms with van der Waals surface area (Å²) >= 11 is 0. The van der Waals surface area contributed by atoms with E-state index in [9.17, 15) is 9.59 Å². The van der Waals surface area contributed by atoms with E-state index in [-0.39, 0.29) is 6.79 Å². The van der Waals surface area contributed by atoms with Gasteiger partial charge in [0.25, 0.3) is 0 Å². The molecule has 5 nitrogen and oxygen atoms in total. The van der Waals surface area contributed by atoms with Crippen molar-refractivity contribution in [3.63, 3.8) is 0 Å². The summed E-state index contributed by atoms with van der Waals surface area (Å²) in [5.41, 5.74) is 0.319. The van der Waals surface area contributed by atoms with Gasteiger partial charge in [0.2, 0.25) is 6.79 Å². The van der Waals surface area contributed by atoms with Gasteiger partial charge in [-0.2, -0.15) is 0 Å². The molecule has 1 N–H and O–H groups in total. The molecule has 0 aliphatic carbocycles. The van der Waals surface area contributed by atoms with Crippen LogP contribution in [0.5, 0.6) is 11.5 Å². The summed E-state index contributed by atoms with van der Waals surface area (Å²) < 4.78 is 10.2. The topological polar surface area (TPSA) is 72.8 Å². The van der Waals surface area contributed by atoms with Crippen LogP contribution in [0.15, 0.2) is 18.2 Å². The van der Waals surface area contributed by atoms with Crippen LogP contribution in [0.1, 0.15) is 17.3 Å². The molecule has 1 unspecified atom stereocenters. The molecule has 1 aromatic rings. The first-order valence-electron chi connectivity index (χ1n) is 4.76. The number of carbonyl (C=O) groups excluding carboxylic acids is 1. The Balaban J connectivity index is 2.28. The van der Waals surface area contributed by atoms with Crippen LogP contribution in [-0.2, 0) is 4.79 Å². The van der Waals surface area contributed by atoms with E-state index < -0.39 is 17.7 Å². The van der Waals surface area contributed by atoms with Crippen molar-refractivity contribution in [2.75, 3.05) is 6.79 Å². The summed E-state index contributed by atoms with van der Waals surface area (Å²) in [6.45, 7) is 1.48. The van der Waals surface area contributed by atoms with Crippen LogP contribution >= 0.6 is 0 Å². The number of Topliss-reactive ketones (excluding diaryl/α,β-unsaturated/α-hetero) is 1. The Labute approximate surface area is 91.6 Å². The zero-order valence-electron chi connectivity index (χ0n) is 8.60. The highest BCUT2D eigenvalue weighted by molar-refractivity contribution is 6.08. The third kappa shape index (κ3) is 1.71. The Morgan fingerprint density at radius 1 is 1.31 bits per heavy atom. The number of rotatable bonds is 3. The number of benzene rings is 1. The molecule has 0 amide bonds. The largest absolute Gasteiger partial charge is 0.481 e. The lowest BCUT2D eigenvalue weighted by Gasteiger charge is -2.05. The van der Waals surface area contributed by atoms with E-state index in [1.807, 2.05) is 0 Å². The molecular formula is C11H10O5. The molecule has 1 aliphatic heterocycles. The van der Waals surface area contributed by atoms with Crippen LogP contribution in [-0.4, -0.2) is 23.7 Å². The van der Waals surface area contributed by atoms with E-state index in [0.717, 1.165) is 0 Å². The van der Waals surface area contributed by atoms with Crippen LogP contribution in [0.25, 0.3) is 0 Å². The average molecular weight is 222 g/mol. The fourth-order valence-corrected chi connectivity index (χ4v) is 1.41. The predicted molar refractivity (Wildman–Crippen MR) is 53.7 cm³/mol. The van der Waals surface area contributed by atoms with E-state index in [4.69, 9.17) is 14.6 Å². The molecule has 1 aliphatic rings. The van der Waals surface area contributed by atoms with Gasteiger partial charge in [0.05, 0.1) is 0 Å². The van der Waals surface area contributed by atoms with Crippen molar-refractivity contribution in [3.05, 3.63) is 23.8 Å². The monoisotopic (exact) mass is 222 g/mol. The van der Waals surface area contributed by atoms with Crippen molar-refractivity contribution in [3.8, 4) is 11.5 Å². The zero-order chi connectivity index (χ0) is 11.7. The van der Waals surface area contributed by atoms with Crippen LogP contribution in [0.2, 0.25) is 0 Å². The number of hydrogen-bond donors (Lipinski definition) is 1. The first kappa shape index (κ1) is 10.5. The van der Waals surface area contributed by atoms with Crippen molar-refractivity contribution in [1.29, 1.82) is 0 Å². The zero-order valence-corrected chi connectivity index (χ0v) is 8.60. The van der Waals surface area contributed by atoms with Gasteiger partial charge in [0, 0.05) is 5.56 Å². The van der Waals surface area contributed by atoms with Gasteiger partial charge in [-0.05, 0) is 25.1 Å². The summed E-state index contributed by atoms with van der Waals surface area (Å²) in [4.78, 5) is 22.4. The molecule has 0 fully saturated rings. The number of aliphatic carboxylic acids is 1. The van der Waals surface area contributed by atoms with Gasteiger partial charge in [0.15, 0.2) is 17.3 Å². The molecule has 0 bridgehead atoms. The fraction of sp³-hybridized carbons (Fsp3) is 0.273. The normalized spacial score (nSPS) is 14.6. The lowest BCUT2D eigenvalue weighted by Crippen LogP contribution is -2.20. The van der Waals surface area contributed by atoms with E-state index >= 15 is 0 Å². The first-order valence-corrected chi connectivity index (χ1v) is 4.76. The Bertz CT molecular complexity index is 452. The minimum atomic E-state index is -1.14. The Hall–Kier alpha value is -2.04. The van der Waals surface area contributed by atoms with Crippen LogP contribution < -0.4 is 9.47 Å². The number of hydrogen-bond acceptors (Lipinski definition) is 4. The molecule has 0 saturated heterocycles. The van der Waals surface area contributed by atoms with Crippen molar-refractivity contribution in [2.24, 2.45) is 5.92 Å². The third-order valence-electron chi connectivity index (χ3n) is 2.42. The van der Waals surface area contributed by atoms with Gasteiger partial charge in [-0.3, -0.25) is 9.59 Å². The SMILES string of the molecule is CC(C(=O)O)C(=O)c1ccc2c(c1)OCO2. The molecule has 0 aromatic heterocycles. The van der Waals surface area contributed by atoms with Crippen molar-refractivity contribution in [2.45, 2.75) is 6.92 Å². The standard InChI is InChI=1S/C11H10O5/c1-6(11(13)14)10(12)7-2-3-8-9(4-7)16-5-15-8/h2-4,6H,5H2,1H3,(H,13,14). The van der Waals surface area contributed by atoms with Gasteiger partial charge < -0.3 is 14.6 Å². The maximum Gasteiger partial charge on any atom is 0.314 e. The fourth-order valence-electron chi connectivity index (χ4n) is 1.41. The second-order valence-electron chi connectivity index (χ2n) is 3.49. The van der Waals surface area contributed by atoms with Gasteiger partial charge in [-0.1, -0.05) is 0 Å². The number of ketones is 1. The van der Waals surface area contributed by atoms with Crippen LogP contribution in [0, 0.1) is 5.92 Å². The molecule has 0 spiro atoms. The van der Waals surface area contributed by atoms with Gasteiger partial charge in [0.1, 0.15) is 5.92 Å². The van der Waals surface area contributed by atoms with Crippen molar-refractivity contribution >= 4 is 11.8 Å². The molecule has 16 heavy (non-hydrogen) atoms. The van der Waals surface area contributed by atoms with E-state index in [2.05, 4.69) is 0 Å². The molecule has 0 radical (unpaired) electrons. The molecule has 2 rings (SSSR count). The number of carboxylic acid groups (broad SMARTS) is 1. The van der Waals surface area contributed by atoms with E-state index in [0.29, 0.717) is 17.1 Å². The van der Waals surface area contributed by atoms with Gasteiger partial charge in [-0.15, -0.1) is 0 Å². The summed E-state index contributed by atoms with van der Waals surface area (Å²) in [5, 5.41) is 8.73. The van der Waals surface area contributed by atoms with Gasteiger partial charge in [-0.25, -0.2) is 0 Å². The van der Waals surface area contributed by atoms with E-state index in [1.165, 1.54) is 19.1 Å². The highest BCUT2D eigenvalue weighted by Gasteiger charge is 2.24. The molecule has 84 valence electrons. The molecule has 1 atom stereocenters. The average Bonchev–Trinajstić information content (AvgIpc) is 2.73. The van der Waals surface area contributed by atoms with Crippen LogP contribution in [0.3, 0.4) is 0 Å². The Morgan fingerprint density at radius 2 is 2.00 bits per heavy atom. The smallest absolute Gasteiger partial charge is 0.314 e. The molecular weight excluding hydrogens is 212 g/mol. The molecule has 1 heterocycles. The minimum Gasteiger partial charge on any atom is -0.481 e. The quantitative estimate of drug-likeness (QED) is 0.616. The second kappa shape index (κ2) is 3.84. The Kier molecular flexibility index (Phi) is 2.52. The summed E-state index contributed by atoms with van der Waals surface area (Å²) in [5.74, 6) is -1.59. The first-order chi connectivity index (χ1) is 7.59. The molecule has 1 aromatic carbocycles. The highest BCUT2D eigenvalue weighted by atomic mass is 16.7. The van der Waals surface area contributed by atoms with Crippen molar-refractivity contribution < 1.29 is 24.2 Å².